The lowest BCUT2D eigenvalue weighted by Crippen LogP contribution is -2.65. The number of hydrogen-bond donors (Lipinski definition) is 8. The smallest absolute Gasteiger partial charge is 0.255 e. The van der Waals surface area contributed by atoms with Crippen molar-refractivity contribution in [3.63, 3.8) is 0 Å². The van der Waals surface area contributed by atoms with Crippen LogP contribution in [-0.2, 0) is 49.6 Å². The fraction of sp³-hybridized carbons (Fsp3) is 0.571. The number of carbonyl (C=O) groups is 9. The van der Waals surface area contributed by atoms with E-state index < -0.39 is 121 Å². The first-order valence-electron chi connectivity index (χ1n) is 17.6. The summed E-state index contributed by atoms with van der Waals surface area (Å²) in [6.45, 7) is 3.66. The molecule has 1 saturated heterocycles. The Morgan fingerprint density at radius 1 is 0.944 bits per heavy atom. The molecular formula is C35H52N8O11. The number of aliphatic hydroxyl groups excluding tert-OH is 2. The van der Waals surface area contributed by atoms with Gasteiger partial charge in [0.05, 0.1) is 31.2 Å². The van der Waals surface area contributed by atoms with Crippen LogP contribution in [0.15, 0.2) is 30.3 Å². The second-order valence-electron chi connectivity index (χ2n) is 13.4. The normalized spacial score (nSPS) is 17.2. The number of carbonyl (C=O) groups excluding carboxylic acids is 9. The second kappa shape index (κ2) is 21.6. The molecule has 8 amide bonds. The lowest BCUT2D eigenvalue weighted by atomic mass is 9.96. The Morgan fingerprint density at radius 2 is 1.59 bits per heavy atom. The molecule has 2 unspecified atom stereocenters. The molecule has 1 aliphatic heterocycles. The van der Waals surface area contributed by atoms with Crippen LogP contribution in [0.5, 0.6) is 0 Å². The molecule has 19 heteroatoms. The summed E-state index contributed by atoms with van der Waals surface area (Å²) < 4.78 is 0. The minimum absolute atomic E-state index is 0.167. The third-order valence-electron chi connectivity index (χ3n) is 8.89. The highest BCUT2D eigenvalue weighted by atomic mass is 16.3. The van der Waals surface area contributed by atoms with E-state index in [1.807, 2.05) is 0 Å². The maximum Gasteiger partial charge on any atom is 0.255 e. The summed E-state index contributed by atoms with van der Waals surface area (Å²) in [5.74, 6) is -9.49. The number of primary amides is 2. The Bertz CT molecular complexity index is 1520. The van der Waals surface area contributed by atoms with E-state index in [0.717, 1.165) is 12.5 Å². The van der Waals surface area contributed by atoms with Crippen LogP contribution in [0.25, 0.3) is 0 Å². The van der Waals surface area contributed by atoms with Gasteiger partial charge in [-0.1, -0.05) is 44.2 Å². The molecule has 1 aromatic carbocycles. The van der Waals surface area contributed by atoms with Gasteiger partial charge in [-0.2, -0.15) is 0 Å². The molecule has 0 radical (unpaired) electrons. The van der Waals surface area contributed by atoms with Gasteiger partial charge < -0.3 is 48.2 Å². The Morgan fingerprint density at radius 3 is 2.09 bits per heavy atom. The van der Waals surface area contributed by atoms with Gasteiger partial charge in [0.25, 0.3) is 11.8 Å². The van der Waals surface area contributed by atoms with Crippen LogP contribution in [0.1, 0.15) is 64.9 Å². The number of hydrogen-bond acceptors (Lipinski definition) is 13. The summed E-state index contributed by atoms with van der Waals surface area (Å²) in [6.07, 6.45) is -2.38. The third kappa shape index (κ3) is 12.8. The monoisotopic (exact) mass is 760 g/mol. The van der Waals surface area contributed by atoms with Gasteiger partial charge in [0.15, 0.2) is 0 Å². The SMILES string of the molecule is CC(=O)N(C(=O)[C@H](CCC(N)=O)NC(=O)[C@@H](N)CO)[C@@H](CC(N)=O)C(=O)NC(C(=O)N(C(=O)[C@@H]1CCCN1)[C@H](C=O)C(C)C)C(O)CCc1ccccc1. The highest BCUT2D eigenvalue weighted by molar-refractivity contribution is 6.06. The van der Waals surface area contributed by atoms with Crippen molar-refractivity contribution in [3.05, 3.63) is 35.9 Å². The summed E-state index contributed by atoms with van der Waals surface area (Å²) in [6, 6.07) is -0.753. The fourth-order valence-corrected chi connectivity index (χ4v) is 5.92. The largest absolute Gasteiger partial charge is 0.394 e. The summed E-state index contributed by atoms with van der Waals surface area (Å²) in [4.78, 5) is 119. The van der Waals surface area contributed by atoms with Crippen molar-refractivity contribution in [2.24, 2.45) is 23.1 Å². The molecule has 0 spiro atoms. The average Bonchev–Trinajstić information content (AvgIpc) is 3.67. The van der Waals surface area contributed by atoms with Crippen molar-refractivity contribution < 1.29 is 53.4 Å². The molecule has 0 aliphatic carbocycles. The van der Waals surface area contributed by atoms with E-state index in [2.05, 4.69) is 16.0 Å². The molecular weight excluding hydrogens is 708 g/mol. The minimum Gasteiger partial charge on any atom is -0.394 e. The lowest BCUT2D eigenvalue weighted by Gasteiger charge is -2.36. The van der Waals surface area contributed by atoms with Gasteiger partial charge in [-0.3, -0.25) is 48.2 Å². The van der Waals surface area contributed by atoms with Crippen LogP contribution in [0.2, 0.25) is 0 Å². The van der Waals surface area contributed by atoms with Gasteiger partial charge in [-0.15, -0.1) is 0 Å². The average molecular weight is 761 g/mol. The van der Waals surface area contributed by atoms with E-state index in [4.69, 9.17) is 17.2 Å². The number of amides is 8. The van der Waals surface area contributed by atoms with Crippen LogP contribution in [0.3, 0.4) is 0 Å². The maximum absolute atomic E-state index is 14.5. The van der Waals surface area contributed by atoms with E-state index in [1.54, 1.807) is 44.2 Å². The first-order valence-corrected chi connectivity index (χ1v) is 17.6. The van der Waals surface area contributed by atoms with Crippen LogP contribution >= 0.6 is 0 Å². The van der Waals surface area contributed by atoms with Crippen molar-refractivity contribution >= 4 is 53.5 Å². The van der Waals surface area contributed by atoms with Crippen molar-refractivity contribution in [2.75, 3.05) is 13.2 Å². The number of imide groups is 2. The predicted octanol–water partition coefficient (Wildman–Crippen LogP) is -3.52. The van der Waals surface area contributed by atoms with Crippen molar-refractivity contribution in [1.29, 1.82) is 0 Å². The molecule has 0 saturated carbocycles. The van der Waals surface area contributed by atoms with Crippen molar-refractivity contribution in [1.82, 2.24) is 25.8 Å². The molecule has 19 nitrogen and oxygen atoms in total. The highest BCUT2D eigenvalue weighted by Gasteiger charge is 2.45. The van der Waals surface area contributed by atoms with Crippen LogP contribution in [-0.4, -0.2) is 129 Å². The first-order chi connectivity index (χ1) is 25.4. The molecule has 11 N–H and O–H groups in total. The topological polar surface area (TPSA) is 315 Å². The van der Waals surface area contributed by atoms with E-state index in [9.17, 15) is 53.4 Å². The molecule has 2 rings (SSSR count). The van der Waals surface area contributed by atoms with Gasteiger partial charge >= 0.3 is 0 Å². The Labute approximate surface area is 312 Å². The summed E-state index contributed by atoms with van der Waals surface area (Å²) in [5.41, 5.74) is 17.0. The van der Waals surface area contributed by atoms with E-state index in [0.29, 0.717) is 35.5 Å². The fourth-order valence-electron chi connectivity index (χ4n) is 5.92. The zero-order valence-corrected chi connectivity index (χ0v) is 30.6. The van der Waals surface area contributed by atoms with E-state index in [1.165, 1.54) is 0 Å². The lowest BCUT2D eigenvalue weighted by molar-refractivity contribution is -0.157. The minimum atomic E-state index is -2.10. The number of aldehydes is 1. The quantitative estimate of drug-likeness (QED) is 0.0565. The van der Waals surface area contributed by atoms with Crippen molar-refractivity contribution in [3.8, 4) is 0 Å². The Hall–Kier alpha value is -5.11. The molecule has 1 aliphatic rings. The van der Waals surface area contributed by atoms with Gasteiger partial charge in [-0.05, 0) is 50.1 Å². The standard InChI is InChI=1S/C35H52N8O11/c1-19(2)26(18-45)43(33(52)23-10-7-15-39-23)35(54)30(27(47)13-11-21-8-5-4-6-9-21)41-32(51)25(16-29(38)49)42(20(3)46)34(53)24(12-14-28(37)48)40-31(50)22(36)17-44/h4-6,8-9,18-19,22-27,30,39,44,47H,7,10-17,36H2,1-3H3,(H2,37,48)(H2,38,49)(H,40,50)(H,41,51)/t22-,23-,24-,25-,26+,27?,30?/m0/s1. The number of nitrogens with two attached hydrogens (primary N) is 3. The van der Waals surface area contributed by atoms with Crippen LogP contribution in [0, 0.1) is 5.92 Å². The first kappa shape index (κ1) is 45.0. The Kier molecular flexibility index (Phi) is 18.0. The van der Waals surface area contributed by atoms with Gasteiger partial charge in [0.1, 0.15) is 30.5 Å². The van der Waals surface area contributed by atoms with Gasteiger partial charge in [0.2, 0.25) is 35.4 Å². The number of benzene rings is 1. The Balaban J connectivity index is 2.66. The van der Waals surface area contributed by atoms with Crippen LogP contribution in [0.4, 0.5) is 0 Å². The van der Waals surface area contributed by atoms with E-state index in [-0.39, 0.29) is 12.8 Å². The molecule has 1 heterocycles. The molecule has 0 aromatic heterocycles. The summed E-state index contributed by atoms with van der Waals surface area (Å²) >= 11 is 0. The number of rotatable bonds is 21. The van der Waals surface area contributed by atoms with Gasteiger partial charge in [0, 0.05) is 13.3 Å². The number of nitrogens with one attached hydrogen (secondary N) is 3. The molecule has 7 atom stereocenters. The van der Waals surface area contributed by atoms with Gasteiger partial charge in [-0.25, -0.2) is 0 Å². The van der Waals surface area contributed by atoms with Crippen LogP contribution < -0.4 is 33.2 Å². The summed E-state index contributed by atoms with van der Waals surface area (Å²) in [7, 11) is 0. The molecule has 298 valence electrons. The number of nitrogens with zero attached hydrogens (tertiary/aromatic N) is 2. The molecule has 1 fully saturated rings. The van der Waals surface area contributed by atoms with E-state index >= 15 is 0 Å². The molecule has 54 heavy (non-hydrogen) atoms. The predicted molar refractivity (Wildman–Crippen MR) is 191 cm³/mol. The number of aliphatic hydroxyl groups is 2. The molecule has 1 aromatic rings. The zero-order valence-electron chi connectivity index (χ0n) is 30.6. The third-order valence-corrected chi connectivity index (χ3v) is 8.89. The number of aryl methyl sites for hydroxylation is 1. The summed E-state index contributed by atoms with van der Waals surface area (Å²) in [5, 5.41) is 28.3. The second-order valence-corrected chi connectivity index (χ2v) is 13.4. The molecule has 0 bridgehead atoms. The zero-order chi connectivity index (χ0) is 40.7. The van der Waals surface area contributed by atoms with Crippen molar-refractivity contribution in [2.45, 2.75) is 108 Å². The highest BCUT2D eigenvalue weighted by Crippen LogP contribution is 2.20. The maximum atomic E-state index is 14.5.